The molecular weight excluding hydrogens is 288 g/mol. The van der Waals surface area contributed by atoms with Crippen LogP contribution in [0.25, 0.3) is 0 Å². The maximum Gasteiger partial charge on any atom is 0.318 e. The molecule has 0 saturated heterocycles. The molecule has 2 amide bonds. The van der Waals surface area contributed by atoms with E-state index in [4.69, 9.17) is 0 Å². The maximum absolute atomic E-state index is 12.4. The molecule has 0 aliphatic heterocycles. The van der Waals surface area contributed by atoms with Crippen LogP contribution < -0.4 is 5.32 Å². The van der Waals surface area contributed by atoms with Crippen LogP contribution in [0.2, 0.25) is 0 Å². The fourth-order valence-electron chi connectivity index (χ4n) is 2.65. The lowest BCUT2D eigenvalue weighted by molar-refractivity contribution is 0.187. The molecule has 3 rings (SSSR count). The number of imidazole rings is 1. The van der Waals surface area contributed by atoms with Crippen molar-refractivity contribution >= 4 is 6.03 Å². The summed E-state index contributed by atoms with van der Waals surface area (Å²) in [6.45, 7) is 5.31. The third-order valence-corrected chi connectivity index (χ3v) is 3.97. The van der Waals surface area contributed by atoms with Crippen LogP contribution in [0.1, 0.15) is 38.1 Å². The Kier molecular flexibility index (Phi) is 4.65. The second-order valence-electron chi connectivity index (χ2n) is 6.42. The van der Waals surface area contributed by atoms with Gasteiger partial charge in [-0.1, -0.05) is 30.3 Å². The van der Waals surface area contributed by atoms with Crippen LogP contribution in [0.5, 0.6) is 0 Å². The first kappa shape index (κ1) is 15.6. The Morgan fingerprint density at radius 1 is 1.35 bits per heavy atom. The molecule has 2 aromatic rings. The first-order chi connectivity index (χ1) is 11.1. The highest BCUT2D eigenvalue weighted by Crippen LogP contribution is 2.28. The Hall–Kier alpha value is -2.30. The van der Waals surface area contributed by atoms with Gasteiger partial charge >= 0.3 is 6.03 Å². The summed E-state index contributed by atoms with van der Waals surface area (Å²) in [5.74, 6) is 0.930. The number of benzene rings is 1. The van der Waals surface area contributed by atoms with E-state index in [-0.39, 0.29) is 12.1 Å². The average Bonchev–Trinajstić information content (AvgIpc) is 3.27. The quantitative estimate of drug-likeness (QED) is 0.891. The van der Waals surface area contributed by atoms with Gasteiger partial charge in [-0.15, -0.1) is 0 Å². The van der Waals surface area contributed by atoms with Crippen molar-refractivity contribution in [1.29, 1.82) is 0 Å². The smallest absolute Gasteiger partial charge is 0.318 e. The van der Waals surface area contributed by atoms with E-state index >= 15 is 0 Å². The largest absolute Gasteiger partial charge is 0.336 e. The van der Waals surface area contributed by atoms with Crippen LogP contribution in [0.4, 0.5) is 4.79 Å². The fraction of sp³-hybridized carbons (Fsp3) is 0.444. The molecule has 23 heavy (non-hydrogen) atoms. The van der Waals surface area contributed by atoms with E-state index in [1.807, 2.05) is 49.3 Å². The first-order valence-corrected chi connectivity index (χ1v) is 8.24. The lowest BCUT2D eigenvalue weighted by atomic mass is 10.2. The monoisotopic (exact) mass is 312 g/mol. The maximum atomic E-state index is 12.4. The average molecular weight is 312 g/mol. The van der Waals surface area contributed by atoms with E-state index < -0.39 is 0 Å². The van der Waals surface area contributed by atoms with Crippen molar-refractivity contribution in [2.24, 2.45) is 0 Å². The number of aromatic nitrogens is 2. The number of hydrogen-bond donors (Lipinski definition) is 1. The van der Waals surface area contributed by atoms with Gasteiger partial charge in [0.2, 0.25) is 0 Å². The Morgan fingerprint density at radius 2 is 2.09 bits per heavy atom. The predicted octanol–water partition coefficient (Wildman–Crippen LogP) is 3.01. The van der Waals surface area contributed by atoms with Crippen LogP contribution in [0, 0.1) is 0 Å². The number of rotatable bonds is 6. The molecule has 1 aromatic heterocycles. The molecule has 122 valence electrons. The molecule has 1 aliphatic carbocycles. The van der Waals surface area contributed by atoms with E-state index in [0.717, 1.165) is 25.2 Å². The molecule has 1 aliphatic rings. The third-order valence-electron chi connectivity index (χ3n) is 3.97. The van der Waals surface area contributed by atoms with Crippen molar-refractivity contribution in [2.75, 3.05) is 0 Å². The fourth-order valence-corrected chi connectivity index (χ4v) is 2.65. The van der Waals surface area contributed by atoms with Crippen molar-refractivity contribution in [2.45, 2.75) is 51.9 Å². The van der Waals surface area contributed by atoms with Gasteiger partial charge in [-0.05, 0) is 32.3 Å². The summed E-state index contributed by atoms with van der Waals surface area (Å²) in [5.41, 5.74) is 1.23. The number of amides is 2. The van der Waals surface area contributed by atoms with Crippen molar-refractivity contribution in [3.05, 3.63) is 54.1 Å². The Morgan fingerprint density at radius 3 is 2.74 bits per heavy atom. The SMILES string of the molecule is CC(C)NC(=O)N(Cc1nccn1Cc1ccccc1)C1CC1. The number of hydrogen-bond acceptors (Lipinski definition) is 2. The van der Waals surface area contributed by atoms with Gasteiger partial charge in [0.15, 0.2) is 0 Å². The molecule has 0 bridgehead atoms. The normalized spacial score (nSPS) is 14.0. The van der Waals surface area contributed by atoms with Crippen molar-refractivity contribution < 1.29 is 4.79 Å². The first-order valence-electron chi connectivity index (χ1n) is 8.24. The molecule has 1 saturated carbocycles. The van der Waals surface area contributed by atoms with Gasteiger partial charge in [0.25, 0.3) is 0 Å². The summed E-state index contributed by atoms with van der Waals surface area (Å²) in [5, 5.41) is 3.00. The lowest BCUT2D eigenvalue weighted by Crippen LogP contribution is -2.44. The second kappa shape index (κ2) is 6.86. The lowest BCUT2D eigenvalue weighted by Gasteiger charge is -2.24. The van der Waals surface area contributed by atoms with Crippen LogP contribution in [0.3, 0.4) is 0 Å². The van der Waals surface area contributed by atoms with Crippen molar-refractivity contribution in [1.82, 2.24) is 19.8 Å². The molecule has 1 N–H and O–H groups in total. The van der Waals surface area contributed by atoms with Gasteiger partial charge in [0.1, 0.15) is 5.82 Å². The zero-order valence-electron chi connectivity index (χ0n) is 13.8. The van der Waals surface area contributed by atoms with Gasteiger partial charge in [0, 0.05) is 31.0 Å². The van der Waals surface area contributed by atoms with Gasteiger partial charge in [0.05, 0.1) is 6.54 Å². The molecule has 5 nitrogen and oxygen atoms in total. The van der Waals surface area contributed by atoms with Crippen LogP contribution in [0.15, 0.2) is 42.7 Å². The van der Waals surface area contributed by atoms with Gasteiger partial charge in [-0.2, -0.15) is 0 Å². The summed E-state index contributed by atoms with van der Waals surface area (Å²) in [6, 6.07) is 10.8. The topological polar surface area (TPSA) is 50.2 Å². The van der Waals surface area contributed by atoms with Crippen molar-refractivity contribution in [3.63, 3.8) is 0 Å². The molecule has 0 atom stereocenters. The van der Waals surface area contributed by atoms with Gasteiger partial charge < -0.3 is 14.8 Å². The summed E-state index contributed by atoms with van der Waals surface area (Å²) in [7, 11) is 0. The molecule has 0 radical (unpaired) electrons. The third kappa shape index (κ3) is 4.12. The summed E-state index contributed by atoms with van der Waals surface area (Å²) in [6.07, 6.45) is 5.97. The molecule has 5 heteroatoms. The van der Waals surface area contributed by atoms with Crippen molar-refractivity contribution in [3.8, 4) is 0 Å². The van der Waals surface area contributed by atoms with Gasteiger partial charge in [-0.25, -0.2) is 9.78 Å². The molecule has 0 unspecified atom stereocenters. The number of carbonyl (C=O) groups excluding carboxylic acids is 1. The van der Waals surface area contributed by atoms with Gasteiger partial charge in [-0.3, -0.25) is 0 Å². The number of urea groups is 1. The Bertz CT molecular complexity index is 646. The molecule has 1 fully saturated rings. The van der Waals surface area contributed by atoms with E-state index in [9.17, 15) is 4.79 Å². The van der Waals surface area contributed by atoms with Crippen LogP contribution >= 0.6 is 0 Å². The molecule has 0 spiro atoms. The van der Waals surface area contributed by atoms with E-state index in [2.05, 4.69) is 27.0 Å². The predicted molar refractivity (Wildman–Crippen MR) is 90.0 cm³/mol. The molecule has 1 heterocycles. The Balaban J connectivity index is 1.71. The second-order valence-corrected chi connectivity index (χ2v) is 6.42. The highest BCUT2D eigenvalue weighted by Gasteiger charge is 2.33. The molecular formula is C18H24N4O. The highest BCUT2D eigenvalue weighted by molar-refractivity contribution is 5.75. The number of nitrogens with one attached hydrogen (secondary N) is 1. The Labute approximate surface area is 137 Å². The standard InChI is InChI=1S/C18H24N4O/c1-14(2)20-18(23)22(16-8-9-16)13-17-19-10-11-21(17)12-15-6-4-3-5-7-15/h3-7,10-11,14,16H,8-9,12-13H2,1-2H3,(H,20,23). The number of carbonyl (C=O) groups is 1. The minimum Gasteiger partial charge on any atom is -0.336 e. The summed E-state index contributed by atoms with van der Waals surface area (Å²) in [4.78, 5) is 18.8. The van der Waals surface area contributed by atoms with Crippen LogP contribution in [-0.4, -0.2) is 32.6 Å². The van der Waals surface area contributed by atoms with E-state index in [1.165, 1.54) is 5.56 Å². The number of nitrogens with zero attached hydrogens (tertiary/aromatic N) is 3. The highest BCUT2D eigenvalue weighted by atomic mass is 16.2. The van der Waals surface area contributed by atoms with E-state index in [0.29, 0.717) is 12.6 Å². The minimum atomic E-state index is 0.0109. The van der Waals surface area contributed by atoms with Crippen LogP contribution in [-0.2, 0) is 13.1 Å². The zero-order chi connectivity index (χ0) is 16.2. The van der Waals surface area contributed by atoms with E-state index in [1.54, 1.807) is 0 Å². The summed E-state index contributed by atoms with van der Waals surface area (Å²) >= 11 is 0. The zero-order valence-corrected chi connectivity index (χ0v) is 13.8. The minimum absolute atomic E-state index is 0.0109. The molecule has 1 aromatic carbocycles. The summed E-state index contributed by atoms with van der Waals surface area (Å²) < 4.78 is 2.12.